The standard InChI is InChI=1S/C16H18ClFN2/c1-3-19-16(11(2)15-6-4-5-9-20-15)13-8-7-12(17)10-14(13)18/h4-11,16,19H,3H2,1-2H3. The minimum Gasteiger partial charge on any atom is -0.310 e. The van der Waals surface area contributed by atoms with Crippen molar-refractivity contribution in [1.29, 1.82) is 0 Å². The van der Waals surface area contributed by atoms with E-state index in [1.165, 1.54) is 6.07 Å². The van der Waals surface area contributed by atoms with Crippen molar-refractivity contribution >= 4 is 11.6 Å². The van der Waals surface area contributed by atoms with E-state index in [9.17, 15) is 4.39 Å². The topological polar surface area (TPSA) is 24.9 Å². The molecule has 0 saturated heterocycles. The number of benzene rings is 1. The summed E-state index contributed by atoms with van der Waals surface area (Å²) in [6, 6.07) is 10.5. The highest BCUT2D eigenvalue weighted by molar-refractivity contribution is 6.30. The van der Waals surface area contributed by atoms with E-state index in [1.807, 2.05) is 32.0 Å². The molecule has 106 valence electrons. The van der Waals surface area contributed by atoms with Crippen LogP contribution >= 0.6 is 11.6 Å². The number of hydrogen-bond donors (Lipinski definition) is 1. The Morgan fingerprint density at radius 1 is 1.30 bits per heavy atom. The molecule has 0 spiro atoms. The van der Waals surface area contributed by atoms with Gasteiger partial charge < -0.3 is 5.32 Å². The van der Waals surface area contributed by atoms with E-state index in [0.29, 0.717) is 10.6 Å². The Hall–Kier alpha value is -1.45. The summed E-state index contributed by atoms with van der Waals surface area (Å²) in [7, 11) is 0. The van der Waals surface area contributed by atoms with Gasteiger partial charge in [-0.25, -0.2) is 4.39 Å². The smallest absolute Gasteiger partial charge is 0.129 e. The fraction of sp³-hybridized carbons (Fsp3) is 0.312. The molecule has 1 N–H and O–H groups in total. The Bertz CT molecular complexity index is 560. The first-order valence-corrected chi connectivity index (χ1v) is 7.10. The van der Waals surface area contributed by atoms with E-state index in [-0.39, 0.29) is 17.8 Å². The molecule has 2 rings (SSSR count). The predicted octanol–water partition coefficient (Wildman–Crippen LogP) is 4.33. The molecular formula is C16H18ClFN2. The Balaban J connectivity index is 2.35. The fourth-order valence-electron chi connectivity index (χ4n) is 2.35. The Kier molecular flexibility index (Phi) is 5.10. The number of pyridine rings is 1. The van der Waals surface area contributed by atoms with Crippen LogP contribution in [0.25, 0.3) is 0 Å². The summed E-state index contributed by atoms with van der Waals surface area (Å²) in [5.41, 5.74) is 1.56. The third-order valence-corrected chi connectivity index (χ3v) is 3.61. The number of likely N-dealkylation sites (N-methyl/N-ethyl adjacent to an activating group) is 1. The number of nitrogens with one attached hydrogen (secondary N) is 1. The molecule has 4 heteroatoms. The van der Waals surface area contributed by atoms with Gasteiger partial charge in [0.25, 0.3) is 0 Å². The molecule has 0 aliphatic rings. The molecule has 0 aliphatic heterocycles. The second kappa shape index (κ2) is 6.82. The molecule has 0 bridgehead atoms. The molecule has 0 aliphatic carbocycles. The molecule has 2 nitrogen and oxygen atoms in total. The van der Waals surface area contributed by atoms with Gasteiger partial charge in [-0.05, 0) is 30.8 Å². The molecule has 1 aromatic heterocycles. The first-order valence-electron chi connectivity index (χ1n) is 6.72. The summed E-state index contributed by atoms with van der Waals surface area (Å²) >= 11 is 5.82. The van der Waals surface area contributed by atoms with E-state index in [4.69, 9.17) is 11.6 Å². The first-order chi connectivity index (χ1) is 9.63. The number of rotatable bonds is 5. The number of aromatic nitrogens is 1. The number of hydrogen-bond acceptors (Lipinski definition) is 2. The lowest BCUT2D eigenvalue weighted by atomic mass is 9.91. The van der Waals surface area contributed by atoms with Crippen molar-refractivity contribution in [3.8, 4) is 0 Å². The summed E-state index contributed by atoms with van der Waals surface area (Å²) in [6.45, 7) is 4.81. The quantitative estimate of drug-likeness (QED) is 0.887. The van der Waals surface area contributed by atoms with E-state index >= 15 is 0 Å². The second-order valence-corrected chi connectivity index (χ2v) is 5.18. The first kappa shape index (κ1) is 14.9. The molecule has 1 heterocycles. The monoisotopic (exact) mass is 292 g/mol. The maximum Gasteiger partial charge on any atom is 0.129 e. The summed E-state index contributed by atoms with van der Waals surface area (Å²) < 4.78 is 14.2. The van der Waals surface area contributed by atoms with Crippen molar-refractivity contribution < 1.29 is 4.39 Å². The molecule has 2 unspecified atom stereocenters. The molecule has 1 aromatic carbocycles. The van der Waals surface area contributed by atoms with Crippen molar-refractivity contribution in [3.05, 3.63) is 64.7 Å². The molecular weight excluding hydrogens is 275 g/mol. The average Bonchev–Trinajstić information content (AvgIpc) is 2.46. The van der Waals surface area contributed by atoms with Crippen LogP contribution in [0, 0.1) is 5.82 Å². The predicted molar refractivity (Wildman–Crippen MR) is 80.5 cm³/mol. The van der Waals surface area contributed by atoms with Crippen LogP contribution in [-0.4, -0.2) is 11.5 Å². The van der Waals surface area contributed by atoms with Crippen LogP contribution in [0.5, 0.6) is 0 Å². The summed E-state index contributed by atoms with van der Waals surface area (Å²) in [6.07, 6.45) is 1.76. The van der Waals surface area contributed by atoms with Crippen LogP contribution in [0.1, 0.15) is 37.1 Å². The van der Waals surface area contributed by atoms with Gasteiger partial charge in [0, 0.05) is 34.4 Å². The summed E-state index contributed by atoms with van der Waals surface area (Å²) in [5.74, 6) is -0.224. The van der Waals surface area contributed by atoms with Crippen LogP contribution in [0.15, 0.2) is 42.6 Å². The Morgan fingerprint density at radius 2 is 2.10 bits per heavy atom. The van der Waals surface area contributed by atoms with Gasteiger partial charge in [0.2, 0.25) is 0 Å². The Morgan fingerprint density at radius 3 is 2.70 bits per heavy atom. The van der Waals surface area contributed by atoms with Gasteiger partial charge in [-0.3, -0.25) is 4.98 Å². The SMILES string of the molecule is CCNC(c1ccc(Cl)cc1F)C(C)c1ccccn1. The normalized spacial score (nSPS) is 14.0. The van der Waals surface area contributed by atoms with E-state index in [0.717, 1.165) is 12.2 Å². The molecule has 0 saturated carbocycles. The number of halogens is 2. The summed E-state index contributed by atoms with van der Waals surface area (Å²) in [5, 5.41) is 3.74. The van der Waals surface area contributed by atoms with E-state index in [2.05, 4.69) is 10.3 Å². The molecule has 0 radical (unpaired) electrons. The third kappa shape index (κ3) is 3.35. The zero-order valence-electron chi connectivity index (χ0n) is 11.6. The van der Waals surface area contributed by atoms with Gasteiger partial charge in [-0.2, -0.15) is 0 Å². The van der Waals surface area contributed by atoms with Crippen LogP contribution < -0.4 is 5.32 Å². The van der Waals surface area contributed by atoms with E-state index < -0.39 is 0 Å². The lowest BCUT2D eigenvalue weighted by molar-refractivity contribution is 0.450. The molecule has 2 atom stereocenters. The van der Waals surface area contributed by atoms with Gasteiger partial charge in [0.1, 0.15) is 5.82 Å². The molecule has 0 amide bonds. The minimum atomic E-state index is -0.286. The highest BCUT2D eigenvalue weighted by Gasteiger charge is 2.23. The highest BCUT2D eigenvalue weighted by Crippen LogP contribution is 2.31. The van der Waals surface area contributed by atoms with Gasteiger partial charge in [-0.15, -0.1) is 0 Å². The van der Waals surface area contributed by atoms with Crippen molar-refractivity contribution in [2.45, 2.75) is 25.8 Å². The third-order valence-electron chi connectivity index (χ3n) is 3.38. The fourth-order valence-corrected chi connectivity index (χ4v) is 2.50. The van der Waals surface area contributed by atoms with Crippen molar-refractivity contribution in [2.75, 3.05) is 6.54 Å². The van der Waals surface area contributed by atoms with E-state index in [1.54, 1.807) is 18.3 Å². The largest absolute Gasteiger partial charge is 0.310 e. The Labute approximate surface area is 124 Å². The van der Waals surface area contributed by atoms with Gasteiger partial charge in [-0.1, -0.05) is 37.6 Å². The average molecular weight is 293 g/mol. The van der Waals surface area contributed by atoms with Gasteiger partial charge in [0.15, 0.2) is 0 Å². The summed E-state index contributed by atoms with van der Waals surface area (Å²) in [4.78, 5) is 4.37. The molecule has 20 heavy (non-hydrogen) atoms. The van der Waals surface area contributed by atoms with Crippen LogP contribution in [0.3, 0.4) is 0 Å². The van der Waals surface area contributed by atoms with Crippen LogP contribution in [0.4, 0.5) is 4.39 Å². The number of nitrogens with zero attached hydrogens (tertiary/aromatic N) is 1. The van der Waals surface area contributed by atoms with Crippen LogP contribution in [0.2, 0.25) is 5.02 Å². The lowest BCUT2D eigenvalue weighted by Gasteiger charge is -2.25. The van der Waals surface area contributed by atoms with Gasteiger partial charge >= 0.3 is 0 Å². The van der Waals surface area contributed by atoms with Crippen molar-refractivity contribution in [3.63, 3.8) is 0 Å². The minimum absolute atomic E-state index is 0.0619. The molecule has 0 fully saturated rings. The second-order valence-electron chi connectivity index (χ2n) is 4.74. The highest BCUT2D eigenvalue weighted by atomic mass is 35.5. The van der Waals surface area contributed by atoms with Crippen LogP contribution in [-0.2, 0) is 0 Å². The molecule has 2 aromatic rings. The van der Waals surface area contributed by atoms with Gasteiger partial charge in [0.05, 0.1) is 0 Å². The maximum absolute atomic E-state index is 14.2. The zero-order valence-corrected chi connectivity index (χ0v) is 12.4. The lowest BCUT2D eigenvalue weighted by Crippen LogP contribution is -2.27. The van der Waals surface area contributed by atoms with Crippen molar-refractivity contribution in [2.24, 2.45) is 0 Å². The maximum atomic E-state index is 14.2. The zero-order chi connectivity index (χ0) is 14.5. The van der Waals surface area contributed by atoms with Crippen molar-refractivity contribution in [1.82, 2.24) is 10.3 Å².